The fraction of sp³-hybridized carbons (Fsp3) is 0.314. The third-order valence-corrected chi connectivity index (χ3v) is 7.64. The summed E-state index contributed by atoms with van der Waals surface area (Å²) < 4.78 is 0. The molecule has 0 spiro atoms. The highest BCUT2D eigenvalue weighted by Gasteiger charge is 2.29. The molecule has 0 heteroatoms. The smallest absolute Gasteiger partial charge is 0.00130 e. The van der Waals surface area contributed by atoms with E-state index in [9.17, 15) is 0 Å². The Hall–Kier alpha value is -3.12. The highest BCUT2D eigenvalue weighted by Crippen LogP contribution is 2.47. The van der Waals surface area contributed by atoms with Crippen molar-refractivity contribution in [1.82, 2.24) is 0 Å². The van der Waals surface area contributed by atoms with E-state index in [2.05, 4.69) is 128 Å². The number of benzene rings is 4. The van der Waals surface area contributed by atoms with E-state index in [1.807, 2.05) is 0 Å². The van der Waals surface area contributed by atoms with Gasteiger partial charge in [0.15, 0.2) is 0 Å². The Morgan fingerprint density at radius 2 is 0.829 bits per heavy atom. The summed E-state index contributed by atoms with van der Waals surface area (Å²) in [4.78, 5) is 0. The maximum Gasteiger partial charge on any atom is -0.00130 e. The van der Waals surface area contributed by atoms with E-state index in [1.54, 1.807) is 0 Å². The molecule has 0 N–H and O–H groups in total. The molecule has 4 aromatic rings. The van der Waals surface area contributed by atoms with E-state index in [1.165, 1.54) is 66.8 Å². The van der Waals surface area contributed by atoms with Crippen molar-refractivity contribution in [3.63, 3.8) is 0 Å². The van der Waals surface area contributed by atoms with E-state index in [4.69, 9.17) is 0 Å². The average molecular weight is 459 g/mol. The van der Waals surface area contributed by atoms with Gasteiger partial charge in [0.25, 0.3) is 0 Å². The molecule has 178 valence electrons. The molecule has 0 nitrogen and oxygen atoms in total. The van der Waals surface area contributed by atoms with Gasteiger partial charge in [-0.05, 0) is 122 Å². The van der Waals surface area contributed by atoms with Gasteiger partial charge in [-0.25, -0.2) is 0 Å². The van der Waals surface area contributed by atoms with E-state index in [-0.39, 0.29) is 10.8 Å². The first-order valence-corrected chi connectivity index (χ1v) is 12.9. The molecule has 0 radical (unpaired) electrons. The van der Waals surface area contributed by atoms with Gasteiger partial charge in [-0.15, -0.1) is 0 Å². The lowest BCUT2D eigenvalue weighted by Crippen LogP contribution is -2.14. The van der Waals surface area contributed by atoms with Gasteiger partial charge in [0.05, 0.1) is 0 Å². The van der Waals surface area contributed by atoms with Crippen molar-refractivity contribution < 1.29 is 0 Å². The first-order chi connectivity index (χ1) is 16.4. The largest absolute Gasteiger partial charge is 0.0620 e. The second kappa shape index (κ2) is 8.23. The fourth-order valence-corrected chi connectivity index (χ4v) is 5.73. The van der Waals surface area contributed by atoms with Crippen LogP contribution in [0.3, 0.4) is 0 Å². The molecular weight excluding hydrogens is 420 g/mol. The summed E-state index contributed by atoms with van der Waals surface area (Å²) >= 11 is 0. The summed E-state index contributed by atoms with van der Waals surface area (Å²) in [5.74, 6) is 0. The van der Waals surface area contributed by atoms with Crippen LogP contribution in [-0.4, -0.2) is 0 Å². The molecule has 0 aromatic heterocycles. The molecule has 0 heterocycles. The standard InChI is InChI=1S/C35H38/c1-22-13-9-11-15-26(22)30-18-24-17-25-19-31(27-16-12-10-14-23(27)2)33(35(6,7)8)21-29(25)28(24)20-32(30)34(3,4)5/h9-16,18-21H,17H2,1-8H3. The van der Waals surface area contributed by atoms with E-state index < -0.39 is 0 Å². The topological polar surface area (TPSA) is 0 Å². The zero-order valence-corrected chi connectivity index (χ0v) is 22.6. The first-order valence-electron chi connectivity index (χ1n) is 12.9. The van der Waals surface area contributed by atoms with Gasteiger partial charge >= 0.3 is 0 Å². The van der Waals surface area contributed by atoms with Crippen LogP contribution in [0.25, 0.3) is 33.4 Å². The Labute approximate surface area is 212 Å². The molecule has 0 aliphatic heterocycles. The molecule has 5 rings (SSSR count). The van der Waals surface area contributed by atoms with Crippen LogP contribution in [0.4, 0.5) is 0 Å². The zero-order chi connectivity index (χ0) is 25.1. The van der Waals surface area contributed by atoms with Gasteiger partial charge in [0.1, 0.15) is 0 Å². The Balaban J connectivity index is 1.76. The van der Waals surface area contributed by atoms with Crippen molar-refractivity contribution in [3.05, 3.63) is 106 Å². The lowest BCUT2D eigenvalue weighted by molar-refractivity contribution is 0.591. The van der Waals surface area contributed by atoms with Crippen LogP contribution in [0.5, 0.6) is 0 Å². The molecule has 0 saturated heterocycles. The number of aryl methyl sites for hydroxylation is 2. The van der Waals surface area contributed by atoms with Crippen LogP contribution >= 0.6 is 0 Å². The second-order valence-electron chi connectivity index (χ2n) is 12.4. The number of fused-ring (bicyclic) bond motifs is 3. The lowest BCUT2D eigenvalue weighted by atomic mass is 9.78. The average Bonchev–Trinajstić information content (AvgIpc) is 3.13. The predicted molar refractivity (Wildman–Crippen MR) is 152 cm³/mol. The van der Waals surface area contributed by atoms with Crippen molar-refractivity contribution in [2.75, 3.05) is 0 Å². The Morgan fingerprint density at radius 1 is 0.457 bits per heavy atom. The van der Waals surface area contributed by atoms with Crippen molar-refractivity contribution in [2.24, 2.45) is 0 Å². The summed E-state index contributed by atoms with van der Waals surface area (Å²) in [5.41, 5.74) is 16.9. The summed E-state index contributed by atoms with van der Waals surface area (Å²) in [6.07, 6.45) is 0.997. The van der Waals surface area contributed by atoms with Gasteiger partial charge < -0.3 is 0 Å². The van der Waals surface area contributed by atoms with Crippen molar-refractivity contribution in [3.8, 4) is 33.4 Å². The van der Waals surface area contributed by atoms with E-state index >= 15 is 0 Å². The van der Waals surface area contributed by atoms with Crippen molar-refractivity contribution >= 4 is 0 Å². The molecule has 0 amide bonds. The number of hydrogen-bond donors (Lipinski definition) is 0. The normalized spacial score (nSPS) is 13.0. The Bertz CT molecular complexity index is 1320. The highest BCUT2D eigenvalue weighted by atomic mass is 14.3. The third kappa shape index (κ3) is 4.14. The molecular formula is C35H38. The van der Waals surface area contributed by atoms with Crippen LogP contribution < -0.4 is 0 Å². The minimum absolute atomic E-state index is 0.0589. The van der Waals surface area contributed by atoms with Gasteiger partial charge in [-0.1, -0.05) is 90.1 Å². The summed E-state index contributed by atoms with van der Waals surface area (Å²) in [6, 6.07) is 27.6. The van der Waals surface area contributed by atoms with Gasteiger partial charge in [0.2, 0.25) is 0 Å². The molecule has 35 heavy (non-hydrogen) atoms. The summed E-state index contributed by atoms with van der Waals surface area (Å²) in [6.45, 7) is 18.5. The van der Waals surface area contributed by atoms with Crippen molar-refractivity contribution in [2.45, 2.75) is 72.6 Å². The van der Waals surface area contributed by atoms with Crippen LogP contribution in [0, 0.1) is 13.8 Å². The number of rotatable bonds is 2. The van der Waals surface area contributed by atoms with Crippen LogP contribution in [0.15, 0.2) is 72.8 Å². The predicted octanol–water partition coefficient (Wildman–Crippen LogP) is 9.80. The molecule has 0 atom stereocenters. The van der Waals surface area contributed by atoms with E-state index in [0.717, 1.165) is 6.42 Å². The fourth-order valence-electron chi connectivity index (χ4n) is 5.73. The van der Waals surface area contributed by atoms with Crippen LogP contribution in [0.1, 0.15) is 74.9 Å². The first kappa shape index (κ1) is 23.6. The Kier molecular flexibility index (Phi) is 5.55. The highest BCUT2D eigenvalue weighted by molar-refractivity contribution is 5.87. The maximum absolute atomic E-state index is 2.50. The minimum Gasteiger partial charge on any atom is -0.0620 e. The lowest BCUT2D eigenvalue weighted by Gasteiger charge is -2.27. The second-order valence-corrected chi connectivity index (χ2v) is 12.4. The van der Waals surface area contributed by atoms with Gasteiger partial charge in [0, 0.05) is 0 Å². The number of hydrogen-bond acceptors (Lipinski definition) is 0. The zero-order valence-electron chi connectivity index (χ0n) is 22.6. The quantitative estimate of drug-likeness (QED) is 0.247. The Morgan fingerprint density at radius 3 is 1.17 bits per heavy atom. The summed E-state index contributed by atoms with van der Waals surface area (Å²) in [5, 5.41) is 0. The van der Waals surface area contributed by atoms with Crippen molar-refractivity contribution in [1.29, 1.82) is 0 Å². The molecule has 4 aromatic carbocycles. The monoisotopic (exact) mass is 458 g/mol. The minimum atomic E-state index is 0.0589. The molecule has 0 saturated carbocycles. The maximum atomic E-state index is 2.50. The molecule has 0 unspecified atom stereocenters. The third-order valence-electron chi connectivity index (χ3n) is 7.64. The molecule has 0 fully saturated rings. The SMILES string of the molecule is Cc1ccccc1-c1cc2c(cc1C(C)(C)C)-c1cc(C(C)(C)C)c(-c3ccccc3C)cc1C2. The van der Waals surface area contributed by atoms with Crippen LogP contribution in [-0.2, 0) is 17.3 Å². The summed E-state index contributed by atoms with van der Waals surface area (Å²) in [7, 11) is 0. The van der Waals surface area contributed by atoms with Gasteiger partial charge in [-0.3, -0.25) is 0 Å². The molecule has 1 aliphatic rings. The van der Waals surface area contributed by atoms with E-state index in [0.29, 0.717) is 0 Å². The molecule has 1 aliphatic carbocycles. The van der Waals surface area contributed by atoms with Crippen LogP contribution in [0.2, 0.25) is 0 Å². The van der Waals surface area contributed by atoms with Gasteiger partial charge in [-0.2, -0.15) is 0 Å². The molecule has 0 bridgehead atoms.